The van der Waals surface area contributed by atoms with Crippen molar-refractivity contribution in [3.05, 3.63) is 146 Å². The van der Waals surface area contributed by atoms with E-state index in [1.807, 2.05) is 0 Å². The van der Waals surface area contributed by atoms with Crippen LogP contribution in [-0.2, 0) is 0 Å². The van der Waals surface area contributed by atoms with Crippen LogP contribution >= 0.6 is 14.6 Å². The highest BCUT2D eigenvalue weighted by Crippen LogP contribution is 2.80. The first-order chi connectivity index (χ1) is 17.2. The summed E-state index contributed by atoms with van der Waals surface area (Å²) in [5.74, 6) is 0. The van der Waals surface area contributed by atoms with Crippen molar-refractivity contribution < 1.29 is 0 Å². The van der Waals surface area contributed by atoms with E-state index < -0.39 is 14.6 Å². The lowest BCUT2D eigenvalue weighted by atomic mass is 10.3. The molecular formula is C32H30NP2+. The van der Waals surface area contributed by atoms with Crippen LogP contribution in [0.1, 0.15) is 0 Å². The van der Waals surface area contributed by atoms with Crippen molar-refractivity contribution in [1.82, 2.24) is 0 Å². The number of rotatable bonds is 7. The van der Waals surface area contributed by atoms with Crippen molar-refractivity contribution in [3.8, 4) is 0 Å². The van der Waals surface area contributed by atoms with Gasteiger partial charge < -0.3 is 4.90 Å². The minimum Gasteiger partial charge on any atom is -0.374 e. The molecule has 0 amide bonds. The molecule has 1 nitrogen and oxygen atoms in total. The van der Waals surface area contributed by atoms with Gasteiger partial charge >= 0.3 is 0 Å². The molecule has 0 aliphatic carbocycles. The van der Waals surface area contributed by atoms with Gasteiger partial charge in [-0.3, -0.25) is 0 Å². The SMILES string of the molecule is CN(C)c1ccccc1[P+](c1ccccc1)(c1ccccc1)P(c1ccccc1)c1ccccc1. The van der Waals surface area contributed by atoms with Gasteiger partial charge in [-0.05, 0) is 36.4 Å². The molecule has 0 radical (unpaired) electrons. The Labute approximate surface area is 211 Å². The van der Waals surface area contributed by atoms with E-state index in [1.54, 1.807) is 0 Å². The lowest BCUT2D eigenvalue weighted by molar-refractivity contribution is 1.14. The van der Waals surface area contributed by atoms with Crippen LogP contribution in [0.15, 0.2) is 146 Å². The third-order valence-corrected chi connectivity index (χ3v) is 16.8. The van der Waals surface area contributed by atoms with E-state index in [0.717, 1.165) is 0 Å². The van der Waals surface area contributed by atoms with Gasteiger partial charge in [-0.2, -0.15) is 0 Å². The van der Waals surface area contributed by atoms with Gasteiger partial charge in [-0.15, -0.1) is 0 Å². The van der Waals surface area contributed by atoms with E-state index in [9.17, 15) is 0 Å². The summed E-state index contributed by atoms with van der Waals surface area (Å²) in [5.41, 5.74) is 1.29. The predicted octanol–water partition coefficient (Wildman–Crippen LogP) is 6.09. The van der Waals surface area contributed by atoms with E-state index in [4.69, 9.17) is 0 Å². The molecule has 0 bridgehead atoms. The summed E-state index contributed by atoms with van der Waals surface area (Å²) >= 11 is 0. The van der Waals surface area contributed by atoms with Crippen LogP contribution in [0.5, 0.6) is 0 Å². The Morgan fingerprint density at radius 3 is 1.26 bits per heavy atom. The maximum absolute atomic E-state index is 2.38. The first-order valence-corrected chi connectivity index (χ1v) is 15.7. The van der Waals surface area contributed by atoms with Crippen molar-refractivity contribution >= 4 is 46.8 Å². The highest BCUT2D eigenvalue weighted by atomic mass is 32.1. The molecule has 0 atom stereocenters. The van der Waals surface area contributed by atoms with Gasteiger partial charge in [-0.25, -0.2) is 0 Å². The summed E-state index contributed by atoms with van der Waals surface area (Å²) in [6.45, 7) is -2.18. The fourth-order valence-corrected chi connectivity index (χ4v) is 16.6. The molecule has 5 aromatic carbocycles. The van der Waals surface area contributed by atoms with Crippen LogP contribution in [0.3, 0.4) is 0 Å². The van der Waals surface area contributed by atoms with Crippen molar-refractivity contribution in [1.29, 1.82) is 0 Å². The van der Waals surface area contributed by atoms with E-state index in [-0.39, 0.29) is 0 Å². The van der Waals surface area contributed by atoms with Crippen LogP contribution in [0, 0.1) is 0 Å². The lowest BCUT2D eigenvalue weighted by Crippen LogP contribution is -2.36. The van der Waals surface area contributed by atoms with E-state index in [0.29, 0.717) is 0 Å². The minimum absolute atomic E-state index is 0.784. The van der Waals surface area contributed by atoms with Crippen LogP contribution in [-0.4, -0.2) is 14.1 Å². The standard InChI is InChI=1S/C32H30NP2/c1-33(2)31-25-15-16-26-32(31)35(29-21-11-5-12-22-29,30-23-13-6-14-24-30)34(27-17-7-3-8-18-27)28-19-9-4-10-20-28/h3-26H,1-2H3/q+1. The molecule has 0 saturated heterocycles. The summed E-state index contributed by atoms with van der Waals surface area (Å²) in [6, 6.07) is 53.9. The van der Waals surface area contributed by atoms with Crippen molar-refractivity contribution in [2.75, 3.05) is 19.0 Å². The van der Waals surface area contributed by atoms with Crippen molar-refractivity contribution in [2.45, 2.75) is 0 Å². The van der Waals surface area contributed by atoms with Crippen molar-refractivity contribution in [2.24, 2.45) is 0 Å². The normalized spacial score (nSPS) is 11.4. The van der Waals surface area contributed by atoms with Gasteiger partial charge in [-0.1, -0.05) is 109 Å². The van der Waals surface area contributed by atoms with Gasteiger partial charge in [0.1, 0.15) is 30.5 Å². The first kappa shape index (κ1) is 23.5. The second-order valence-corrected chi connectivity index (χ2v) is 16.1. The first-order valence-electron chi connectivity index (χ1n) is 11.9. The molecule has 0 spiro atoms. The van der Waals surface area contributed by atoms with E-state index >= 15 is 0 Å². The Balaban J connectivity index is 1.99. The molecule has 3 heteroatoms. The van der Waals surface area contributed by atoms with Gasteiger partial charge in [0.25, 0.3) is 0 Å². The third kappa shape index (κ3) is 4.43. The zero-order chi connectivity index (χ0) is 24.1. The van der Waals surface area contributed by atoms with E-state index in [1.165, 1.54) is 32.2 Å². The molecule has 0 heterocycles. The fraction of sp³-hybridized carbons (Fsp3) is 0.0625. The number of nitrogens with zero attached hydrogens (tertiary/aromatic N) is 1. The predicted molar refractivity (Wildman–Crippen MR) is 159 cm³/mol. The molecule has 5 aromatic rings. The molecule has 0 unspecified atom stereocenters. The Kier molecular flexibility index (Phi) is 7.10. The number of benzene rings is 5. The number of hydrogen-bond donors (Lipinski definition) is 0. The second kappa shape index (κ2) is 10.6. The van der Waals surface area contributed by atoms with Gasteiger partial charge in [0.05, 0.1) is 5.69 Å². The smallest absolute Gasteiger partial charge is 0.141 e. The second-order valence-electron chi connectivity index (χ2n) is 8.67. The van der Waals surface area contributed by atoms with Crippen LogP contribution in [0.4, 0.5) is 5.69 Å². The van der Waals surface area contributed by atoms with Gasteiger partial charge in [0.2, 0.25) is 0 Å². The van der Waals surface area contributed by atoms with E-state index in [2.05, 4.69) is 165 Å². The molecule has 172 valence electrons. The lowest BCUT2D eigenvalue weighted by Gasteiger charge is -2.36. The summed E-state index contributed by atoms with van der Waals surface area (Å²) in [6.07, 6.45) is 0. The summed E-state index contributed by atoms with van der Waals surface area (Å²) in [4.78, 5) is 2.28. The fourth-order valence-electron chi connectivity index (χ4n) is 4.80. The van der Waals surface area contributed by atoms with Crippen LogP contribution in [0.25, 0.3) is 0 Å². The molecular weight excluding hydrogens is 460 g/mol. The topological polar surface area (TPSA) is 3.24 Å². The third-order valence-electron chi connectivity index (χ3n) is 6.27. The zero-order valence-corrected chi connectivity index (χ0v) is 22.0. The van der Waals surface area contributed by atoms with Crippen LogP contribution < -0.4 is 31.4 Å². The largest absolute Gasteiger partial charge is 0.374 e. The molecule has 0 aliphatic rings. The van der Waals surface area contributed by atoms with Gasteiger partial charge in [0.15, 0.2) is 0 Å². The molecule has 5 rings (SSSR count). The Morgan fingerprint density at radius 1 is 0.457 bits per heavy atom. The maximum Gasteiger partial charge on any atom is 0.141 e. The Bertz CT molecular complexity index is 1280. The summed E-state index contributed by atoms with van der Waals surface area (Å²) in [7, 11) is 3.54. The number of anilines is 1. The summed E-state index contributed by atoms with van der Waals surface area (Å²) in [5, 5.41) is 7.08. The highest BCUT2D eigenvalue weighted by molar-refractivity contribution is 8.52. The van der Waals surface area contributed by atoms with Crippen molar-refractivity contribution in [3.63, 3.8) is 0 Å². The molecule has 0 N–H and O–H groups in total. The maximum atomic E-state index is 2.38. The van der Waals surface area contributed by atoms with Gasteiger partial charge in [0, 0.05) is 24.7 Å². The molecule has 0 aromatic heterocycles. The average molecular weight is 491 g/mol. The monoisotopic (exact) mass is 490 g/mol. The Morgan fingerprint density at radius 2 is 0.829 bits per heavy atom. The molecule has 35 heavy (non-hydrogen) atoms. The Hall–Kier alpha value is -3.24. The quantitative estimate of drug-likeness (QED) is 0.250. The molecule has 0 aliphatic heterocycles. The number of para-hydroxylation sites is 1. The minimum atomic E-state index is -2.18. The highest BCUT2D eigenvalue weighted by Gasteiger charge is 2.55. The summed E-state index contributed by atoms with van der Waals surface area (Å²) < 4.78 is 0. The zero-order valence-electron chi connectivity index (χ0n) is 20.2. The number of hydrogen-bond acceptors (Lipinski definition) is 1. The van der Waals surface area contributed by atoms with Crippen LogP contribution in [0.2, 0.25) is 0 Å². The molecule has 0 fully saturated rings. The average Bonchev–Trinajstić information content (AvgIpc) is 2.93. The molecule has 0 saturated carbocycles.